The van der Waals surface area contributed by atoms with Crippen LogP contribution in [-0.2, 0) is 4.74 Å². The van der Waals surface area contributed by atoms with Crippen LogP contribution in [0.1, 0.15) is 0 Å². The zero-order valence-corrected chi connectivity index (χ0v) is 19.9. The molecule has 0 bridgehead atoms. The summed E-state index contributed by atoms with van der Waals surface area (Å²) in [5, 5.41) is 60.3. The van der Waals surface area contributed by atoms with Crippen LogP contribution in [-0.4, -0.2) is 89.3 Å². The van der Waals surface area contributed by atoms with E-state index in [-0.39, 0.29) is 39.7 Å². The first-order chi connectivity index (χ1) is 17.7. The number of fused-ring (bicyclic) bond motifs is 1. The van der Waals surface area contributed by atoms with E-state index in [1.54, 1.807) is 0 Å². The first-order valence-corrected chi connectivity index (χ1v) is 11.0. The fourth-order valence-electron chi connectivity index (χ4n) is 4.06. The molecule has 0 radical (unpaired) electrons. The molecule has 1 aliphatic rings. The van der Waals surface area contributed by atoms with Crippen molar-refractivity contribution in [2.75, 3.05) is 27.9 Å². The number of benzene rings is 2. The summed E-state index contributed by atoms with van der Waals surface area (Å²) in [4.78, 5) is 13.6. The molecular formula is C24H26O13. The van der Waals surface area contributed by atoms with Gasteiger partial charge in [0.1, 0.15) is 35.4 Å². The molecule has 6 N–H and O–H groups in total. The van der Waals surface area contributed by atoms with Gasteiger partial charge in [0.05, 0.1) is 27.9 Å². The fourth-order valence-corrected chi connectivity index (χ4v) is 4.06. The van der Waals surface area contributed by atoms with Crippen molar-refractivity contribution in [2.45, 2.75) is 30.7 Å². The van der Waals surface area contributed by atoms with Gasteiger partial charge in [-0.05, 0) is 18.2 Å². The second-order valence-electron chi connectivity index (χ2n) is 8.13. The monoisotopic (exact) mass is 522 g/mol. The lowest BCUT2D eigenvalue weighted by molar-refractivity contribution is -0.277. The zero-order chi connectivity index (χ0) is 27.0. The maximum Gasteiger partial charge on any atom is 0.239 e. The van der Waals surface area contributed by atoms with Gasteiger partial charge in [-0.1, -0.05) is 0 Å². The lowest BCUT2D eigenvalue weighted by Crippen LogP contribution is -2.60. The predicted octanol–water partition coefficient (Wildman–Crippen LogP) is 0.0757. The molecule has 0 amide bonds. The molecule has 200 valence electrons. The molecule has 5 atom stereocenters. The van der Waals surface area contributed by atoms with Crippen LogP contribution in [0.2, 0.25) is 0 Å². The van der Waals surface area contributed by atoms with Gasteiger partial charge < -0.3 is 58.7 Å². The zero-order valence-electron chi connectivity index (χ0n) is 19.9. The Balaban J connectivity index is 1.93. The molecule has 1 saturated heterocycles. The molecule has 0 spiro atoms. The van der Waals surface area contributed by atoms with E-state index in [0.29, 0.717) is 5.56 Å². The average Bonchev–Trinajstić information content (AvgIpc) is 2.88. The highest BCUT2D eigenvalue weighted by Crippen LogP contribution is 2.45. The van der Waals surface area contributed by atoms with Crippen LogP contribution in [0.4, 0.5) is 0 Å². The highest BCUT2D eigenvalue weighted by molar-refractivity contribution is 5.91. The van der Waals surface area contributed by atoms with E-state index >= 15 is 0 Å². The molecule has 2 heterocycles. The molecule has 0 saturated carbocycles. The van der Waals surface area contributed by atoms with Gasteiger partial charge in [-0.2, -0.15) is 0 Å². The third-order valence-electron chi connectivity index (χ3n) is 5.96. The number of aliphatic hydroxyl groups is 4. The van der Waals surface area contributed by atoms with Crippen LogP contribution < -0.4 is 24.4 Å². The minimum absolute atomic E-state index is 0.0540. The third-order valence-corrected chi connectivity index (χ3v) is 5.96. The van der Waals surface area contributed by atoms with E-state index in [9.17, 15) is 35.4 Å². The molecule has 0 aliphatic carbocycles. The molecule has 37 heavy (non-hydrogen) atoms. The largest absolute Gasteiger partial charge is 0.504 e. The predicted molar refractivity (Wildman–Crippen MR) is 125 cm³/mol. The molecule has 1 aliphatic heterocycles. The molecule has 13 heteroatoms. The van der Waals surface area contributed by atoms with Gasteiger partial charge in [-0.25, -0.2) is 0 Å². The maximum absolute atomic E-state index is 13.6. The Bertz CT molecular complexity index is 1350. The van der Waals surface area contributed by atoms with Crippen LogP contribution in [0, 0.1) is 0 Å². The van der Waals surface area contributed by atoms with Gasteiger partial charge in [0.15, 0.2) is 28.8 Å². The summed E-state index contributed by atoms with van der Waals surface area (Å²) in [5.74, 6) is -1.61. The second kappa shape index (κ2) is 10.3. The van der Waals surface area contributed by atoms with Crippen LogP contribution in [0.15, 0.2) is 33.5 Å². The summed E-state index contributed by atoms with van der Waals surface area (Å²) >= 11 is 0. The Morgan fingerprint density at radius 3 is 2.19 bits per heavy atom. The van der Waals surface area contributed by atoms with Gasteiger partial charge in [-0.15, -0.1) is 0 Å². The Labute approximate surface area is 209 Å². The SMILES string of the molecule is COc1cc(-c2oc3cc(O)c(OC)c(O[C@@H]4O[C@H](CO)[C@@H](O)[C@H](O)[C@H]4O)c3c(=O)c2OC)ccc1O. The lowest BCUT2D eigenvalue weighted by Gasteiger charge is -2.39. The number of ether oxygens (including phenoxy) is 5. The van der Waals surface area contributed by atoms with E-state index in [4.69, 9.17) is 28.1 Å². The number of phenolic OH excluding ortho intramolecular Hbond substituents is 2. The highest BCUT2D eigenvalue weighted by Gasteiger charge is 2.45. The van der Waals surface area contributed by atoms with Crippen molar-refractivity contribution >= 4 is 11.0 Å². The Hall–Kier alpha value is -3.75. The van der Waals surface area contributed by atoms with Crippen molar-refractivity contribution < 1.29 is 58.7 Å². The van der Waals surface area contributed by atoms with Crippen LogP contribution in [0.25, 0.3) is 22.3 Å². The van der Waals surface area contributed by atoms with E-state index in [1.807, 2.05) is 0 Å². The standard InChI is InChI=1S/C24H26O13/c1-32-12-6-9(4-5-10(12)26)20-23(34-3)17(29)15-13(35-20)7-11(27)21(33-2)22(15)37-24-19(31)18(30)16(28)14(8-25)36-24/h4-7,14,16,18-19,24-28,30-31H,8H2,1-3H3/t14-,16-,18+,19-,24+/m1/s1. The van der Waals surface area contributed by atoms with E-state index in [1.165, 1.54) is 39.5 Å². The summed E-state index contributed by atoms with van der Waals surface area (Å²) in [7, 11) is 3.77. The molecule has 1 aromatic heterocycles. The van der Waals surface area contributed by atoms with Crippen LogP contribution in [0.5, 0.6) is 34.5 Å². The van der Waals surface area contributed by atoms with E-state index in [0.717, 1.165) is 6.07 Å². The van der Waals surface area contributed by atoms with Gasteiger partial charge in [-0.3, -0.25) is 4.79 Å². The summed E-state index contributed by atoms with van der Waals surface area (Å²) in [6, 6.07) is 5.31. The molecule has 13 nitrogen and oxygen atoms in total. The van der Waals surface area contributed by atoms with E-state index in [2.05, 4.69) is 0 Å². The topological polar surface area (TPSA) is 198 Å². The summed E-state index contributed by atoms with van der Waals surface area (Å²) < 4.78 is 32.6. The number of aliphatic hydroxyl groups excluding tert-OH is 4. The lowest BCUT2D eigenvalue weighted by atomic mass is 9.99. The Kier molecular flexibility index (Phi) is 7.34. The molecule has 0 unspecified atom stereocenters. The van der Waals surface area contributed by atoms with Crippen LogP contribution >= 0.6 is 0 Å². The summed E-state index contributed by atoms with van der Waals surface area (Å²) in [5.41, 5.74) is -0.633. The van der Waals surface area contributed by atoms with Gasteiger partial charge in [0.2, 0.25) is 23.2 Å². The highest BCUT2D eigenvalue weighted by atomic mass is 16.7. The number of hydrogen-bond donors (Lipinski definition) is 6. The molecule has 1 fully saturated rings. The number of hydrogen-bond acceptors (Lipinski definition) is 13. The third kappa shape index (κ3) is 4.47. The van der Waals surface area contributed by atoms with Crippen molar-refractivity contribution in [1.29, 1.82) is 0 Å². The Morgan fingerprint density at radius 1 is 0.865 bits per heavy atom. The number of aromatic hydroxyl groups is 2. The summed E-state index contributed by atoms with van der Waals surface area (Å²) in [6.45, 7) is -0.710. The second-order valence-corrected chi connectivity index (χ2v) is 8.13. The minimum Gasteiger partial charge on any atom is -0.504 e. The first-order valence-electron chi connectivity index (χ1n) is 11.0. The minimum atomic E-state index is -1.81. The number of methoxy groups -OCH3 is 3. The normalized spacial score (nSPS) is 23.6. The smallest absolute Gasteiger partial charge is 0.239 e. The maximum atomic E-state index is 13.6. The molecule has 2 aromatic carbocycles. The van der Waals surface area contributed by atoms with Gasteiger partial charge in [0, 0.05) is 11.6 Å². The quantitative estimate of drug-likeness (QED) is 0.244. The first kappa shape index (κ1) is 26.3. The average molecular weight is 522 g/mol. The molecular weight excluding hydrogens is 496 g/mol. The fraction of sp³-hybridized carbons (Fsp3) is 0.375. The number of phenols is 2. The van der Waals surface area contributed by atoms with Crippen molar-refractivity contribution in [1.82, 2.24) is 0 Å². The molecule has 3 aromatic rings. The summed E-state index contributed by atoms with van der Waals surface area (Å²) in [6.07, 6.45) is -8.19. The number of rotatable bonds is 7. The molecule has 4 rings (SSSR count). The van der Waals surface area contributed by atoms with Crippen molar-refractivity contribution in [3.05, 3.63) is 34.5 Å². The van der Waals surface area contributed by atoms with Crippen LogP contribution in [0.3, 0.4) is 0 Å². The van der Waals surface area contributed by atoms with Crippen molar-refractivity contribution in [2.24, 2.45) is 0 Å². The van der Waals surface area contributed by atoms with Gasteiger partial charge >= 0.3 is 0 Å². The Morgan fingerprint density at radius 2 is 1.57 bits per heavy atom. The van der Waals surface area contributed by atoms with Crippen molar-refractivity contribution in [3.8, 4) is 45.8 Å². The van der Waals surface area contributed by atoms with Crippen molar-refractivity contribution in [3.63, 3.8) is 0 Å². The van der Waals surface area contributed by atoms with Gasteiger partial charge in [0.25, 0.3) is 0 Å². The van der Waals surface area contributed by atoms with E-state index < -0.39 is 54.2 Å².